The van der Waals surface area contributed by atoms with Crippen LogP contribution >= 0.6 is 0 Å². The number of nitrogens with zero attached hydrogens (tertiary/aromatic N) is 1. The Hall–Kier alpha value is -0.590. The summed E-state index contributed by atoms with van der Waals surface area (Å²) in [7, 11) is 0. The fraction of sp³-hybridized carbons (Fsp3) is 0.667. The second kappa shape index (κ2) is 3.55. The lowest BCUT2D eigenvalue weighted by Crippen LogP contribution is -2.05. The fourth-order valence-corrected chi connectivity index (χ4v) is 1.16. The summed E-state index contributed by atoms with van der Waals surface area (Å²) in [5.41, 5.74) is 1.49. The van der Waals surface area contributed by atoms with Crippen LogP contribution in [0, 0.1) is 5.92 Å². The first kappa shape index (κ1) is 7.52. The van der Waals surface area contributed by atoms with Crippen LogP contribution in [0.4, 0.5) is 0 Å². The van der Waals surface area contributed by atoms with Crippen LogP contribution in [0.1, 0.15) is 26.7 Å². The standard InChI is InChI=1S/C9H15N/c1-3-8-5-9(4-2)7-10-6-8/h5-6,8H,3-4,7H2,1-2H3. The number of dihydropyridines is 1. The van der Waals surface area contributed by atoms with Crippen LogP contribution in [0.2, 0.25) is 0 Å². The van der Waals surface area contributed by atoms with Gasteiger partial charge in [-0.3, -0.25) is 4.99 Å². The minimum absolute atomic E-state index is 0.615. The van der Waals surface area contributed by atoms with Crippen LogP contribution < -0.4 is 0 Å². The summed E-state index contributed by atoms with van der Waals surface area (Å²) in [6, 6.07) is 0. The van der Waals surface area contributed by atoms with E-state index >= 15 is 0 Å². The lowest BCUT2D eigenvalue weighted by atomic mass is 10.0. The largest absolute Gasteiger partial charge is 0.293 e. The topological polar surface area (TPSA) is 12.4 Å². The Labute approximate surface area is 62.9 Å². The van der Waals surface area contributed by atoms with Gasteiger partial charge in [0.15, 0.2) is 0 Å². The molecular weight excluding hydrogens is 122 g/mol. The SMILES string of the molecule is CCC1=CC(CC)C=NC1. The number of allylic oxidation sites excluding steroid dienone is 1. The van der Waals surface area contributed by atoms with Gasteiger partial charge in [-0.2, -0.15) is 0 Å². The molecule has 0 aliphatic carbocycles. The van der Waals surface area contributed by atoms with E-state index in [9.17, 15) is 0 Å². The molecule has 0 spiro atoms. The van der Waals surface area contributed by atoms with Crippen molar-refractivity contribution >= 4 is 6.21 Å². The zero-order valence-electron chi connectivity index (χ0n) is 6.80. The van der Waals surface area contributed by atoms with Gasteiger partial charge in [0, 0.05) is 12.1 Å². The minimum atomic E-state index is 0.615. The van der Waals surface area contributed by atoms with Gasteiger partial charge in [-0.25, -0.2) is 0 Å². The van der Waals surface area contributed by atoms with Crippen molar-refractivity contribution in [3.05, 3.63) is 11.6 Å². The Morgan fingerprint density at radius 1 is 1.60 bits per heavy atom. The van der Waals surface area contributed by atoms with Gasteiger partial charge in [-0.1, -0.05) is 25.5 Å². The molecule has 1 aliphatic heterocycles. The quantitative estimate of drug-likeness (QED) is 0.518. The molecule has 1 rings (SSSR count). The van der Waals surface area contributed by atoms with Crippen molar-refractivity contribution in [3.63, 3.8) is 0 Å². The number of aliphatic imine (C=N–C) groups is 1. The van der Waals surface area contributed by atoms with Crippen molar-refractivity contribution in [1.29, 1.82) is 0 Å². The second-order valence-electron chi connectivity index (χ2n) is 2.74. The van der Waals surface area contributed by atoms with Crippen molar-refractivity contribution in [3.8, 4) is 0 Å². The van der Waals surface area contributed by atoms with E-state index in [1.807, 2.05) is 0 Å². The zero-order chi connectivity index (χ0) is 7.40. The molecule has 0 saturated heterocycles. The van der Waals surface area contributed by atoms with Gasteiger partial charge in [0.2, 0.25) is 0 Å². The molecule has 10 heavy (non-hydrogen) atoms. The third-order valence-corrected chi connectivity index (χ3v) is 1.97. The highest BCUT2D eigenvalue weighted by molar-refractivity contribution is 5.65. The first-order valence-electron chi connectivity index (χ1n) is 4.06. The number of hydrogen-bond acceptors (Lipinski definition) is 1. The molecule has 0 amide bonds. The van der Waals surface area contributed by atoms with Crippen LogP contribution in [0.3, 0.4) is 0 Å². The average molecular weight is 137 g/mol. The summed E-state index contributed by atoms with van der Waals surface area (Å²) >= 11 is 0. The molecule has 0 aromatic heterocycles. The van der Waals surface area contributed by atoms with E-state index in [2.05, 4.69) is 31.1 Å². The van der Waals surface area contributed by atoms with Crippen molar-refractivity contribution in [1.82, 2.24) is 0 Å². The lowest BCUT2D eigenvalue weighted by molar-refractivity contribution is 0.788. The van der Waals surface area contributed by atoms with Gasteiger partial charge in [0.05, 0.1) is 6.54 Å². The van der Waals surface area contributed by atoms with Gasteiger partial charge >= 0.3 is 0 Å². The van der Waals surface area contributed by atoms with Gasteiger partial charge in [-0.15, -0.1) is 0 Å². The van der Waals surface area contributed by atoms with Gasteiger partial charge in [0.25, 0.3) is 0 Å². The van der Waals surface area contributed by atoms with Gasteiger partial charge in [-0.05, 0) is 12.8 Å². The molecule has 1 atom stereocenters. The molecule has 1 heterocycles. The monoisotopic (exact) mass is 137 g/mol. The molecule has 0 bridgehead atoms. The third kappa shape index (κ3) is 1.69. The van der Waals surface area contributed by atoms with E-state index in [-0.39, 0.29) is 0 Å². The van der Waals surface area contributed by atoms with Crippen LogP contribution in [0.5, 0.6) is 0 Å². The molecule has 56 valence electrons. The average Bonchev–Trinajstić information content (AvgIpc) is 2.05. The predicted octanol–water partition coefficient (Wildman–Crippen LogP) is 2.43. The Balaban J connectivity index is 2.54. The number of rotatable bonds is 2. The first-order valence-corrected chi connectivity index (χ1v) is 4.06. The van der Waals surface area contributed by atoms with Crippen molar-refractivity contribution in [2.75, 3.05) is 6.54 Å². The lowest BCUT2D eigenvalue weighted by Gasteiger charge is -2.11. The minimum Gasteiger partial charge on any atom is -0.293 e. The summed E-state index contributed by atoms with van der Waals surface area (Å²) < 4.78 is 0. The normalized spacial score (nSPS) is 24.6. The van der Waals surface area contributed by atoms with E-state index in [1.54, 1.807) is 0 Å². The third-order valence-electron chi connectivity index (χ3n) is 1.97. The summed E-state index contributed by atoms with van der Waals surface area (Å²) in [6.07, 6.45) is 6.77. The second-order valence-corrected chi connectivity index (χ2v) is 2.74. The van der Waals surface area contributed by atoms with Gasteiger partial charge in [0.1, 0.15) is 0 Å². The highest BCUT2D eigenvalue weighted by atomic mass is 14.7. The molecule has 0 aromatic rings. The summed E-state index contributed by atoms with van der Waals surface area (Å²) in [4.78, 5) is 4.29. The van der Waals surface area contributed by atoms with E-state index in [0.29, 0.717) is 5.92 Å². The molecule has 0 N–H and O–H groups in total. The van der Waals surface area contributed by atoms with E-state index in [1.165, 1.54) is 12.0 Å². The smallest absolute Gasteiger partial charge is 0.0596 e. The highest BCUT2D eigenvalue weighted by Crippen LogP contribution is 2.13. The first-order chi connectivity index (χ1) is 4.86. The van der Waals surface area contributed by atoms with Crippen molar-refractivity contribution in [2.45, 2.75) is 26.7 Å². The predicted molar refractivity (Wildman–Crippen MR) is 45.5 cm³/mol. The summed E-state index contributed by atoms with van der Waals surface area (Å²) in [6.45, 7) is 5.33. The molecule has 0 fully saturated rings. The Kier molecular flexibility index (Phi) is 2.67. The van der Waals surface area contributed by atoms with E-state index in [0.717, 1.165) is 13.0 Å². The van der Waals surface area contributed by atoms with Crippen LogP contribution in [0.15, 0.2) is 16.6 Å². The maximum Gasteiger partial charge on any atom is 0.0596 e. The Bertz CT molecular complexity index is 156. The summed E-state index contributed by atoms with van der Waals surface area (Å²) in [5.74, 6) is 0.615. The van der Waals surface area contributed by atoms with E-state index < -0.39 is 0 Å². The van der Waals surface area contributed by atoms with Gasteiger partial charge < -0.3 is 0 Å². The molecule has 1 nitrogen and oxygen atoms in total. The van der Waals surface area contributed by atoms with Crippen molar-refractivity contribution in [2.24, 2.45) is 10.9 Å². The molecular formula is C9H15N. The van der Waals surface area contributed by atoms with Crippen molar-refractivity contribution < 1.29 is 0 Å². The molecule has 0 saturated carbocycles. The molecule has 1 unspecified atom stereocenters. The maximum atomic E-state index is 4.29. The van der Waals surface area contributed by atoms with Crippen LogP contribution in [0.25, 0.3) is 0 Å². The fourth-order valence-electron chi connectivity index (χ4n) is 1.16. The highest BCUT2D eigenvalue weighted by Gasteiger charge is 2.04. The molecule has 1 aliphatic rings. The maximum absolute atomic E-state index is 4.29. The molecule has 0 radical (unpaired) electrons. The molecule has 0 aromatic carbocycles. The molecule has 1 heteroatoms. The Morgan fingerprint density at radius 3 is 3.00 bits per heavy atom. The summed E-state index contributed by atoms with van der Waals surface area (Å²) in [5, 5.41) is 0. The number of hydrogen-bond donors (Lipinski definition) is 0. The zero-order valence-corrected chi connectivity index (χ0v) is 6.80. The Morgan fingerprint density at radius 2 is 2.40 bits per heavy atom. The van der Waals surface area contributed by atoms with E-state index in [4.69, 9.17) is 0 Å². The van der Waals surface area contributed by atoms with Crippen LogP contribution in [-0.4, -0.2) is 12.8 Å². The van der Waals surface area contributed by atoms with Crippen LogP contribution in [-0.2, 0) is 0 Å².